The molecule has 2 heterocycles. The van der Waals surface area contributed by atoms with Gasteiger partial charge in [-0.3, -0.25) is 0 Å². The van der Waals surface area contributed by atoms with Gasteiger partial charge in [0.15, 0.2) is 0 Å². The van der Waals surface area contributed by atoms with E-state index in [0.717, 1.165) is 18.9 Å². The molecular weight excluding hydrogens is 424 g/mol. The van der Waals surface area contributed by atoms with Crippen molar-refractivity contribution in [1.82, 2.24) is 0 Å². The number of aliphatic carboxylic acids is 1. The lowest BCUT2D eigenvalue weighted by molar-refractivity contribution is -0.166. The van der Waals surface area contributed by atoms with Crippen LogP contribution in [-0.2, 0) is 28.5 Å². The van der Waals surface area contributed by atoms with Crippen molar-refractivity contribution in [3.63, 3.8) is 0 Å². The number of ether oxygens (including phenoxy) is 4. The van der Waals surface area contributed by atoms with Crippen molar-refractivity contribution in [3.05, 3.63) is 48.1 Å². The number of esters is 1. The standard InChI is InChI=1S/C26H36O7/c1-18(2)13-14-20-25(3,33-20)24-23(30-4)19(15-16-26(24)17-31-26)32-22(29)12-10-8-6-5-7-9-11-21(27)28/h5,7,9-13,19-20,23-24H,6,8,14-17H2,1-4H3,(H,27,28)/b7-5+,11-9+,12-10+/t19-,20-,23-,24-,25+,26+/m1/s1. The van der Waals surface area contributed by atoms with E-state index in [4.69, 9.17) is 24.1 Å². The van der Waals surface area contributed by atoms with Crippen molar-refractivity contribution in [1.29, 1.82) is 0 Å². The summed E-state index contributed by atoms with van der Waals surface area (Å²) in [6, 6.07) is 0. The SMILES string of the molecule is CO[C@@H]1[C@H](OC(=O)/C=C/CC/C=C/C=C/C(=O)O)CC[C@]2(CO2)[C@H]1[C@@]1(C)O[C@@H]1CC=C(C)C. The third-order valence-corrected chi connectivity index (χ3v) is 6.74. The van der Waals surface area contributed by atoms with E-state index in [-0.39, 0.29) is 41.4 Å². The van der Waals surface area contributed by atoms with Crippen LogP contribution in [0.25, 0.3) is 0 Å². The molecule has 1 spiro atoms. The van der Waals surface area contributed by atoms with E-state index in [1.165, 1.54) is 17.7 Å². The van der Waals surface area contributed by atoms with Gasteiger partial charge < -0.3 is 24.1 Å². The number of methoxy groups -OCH3 is 1. The number of epoxide rings is 2. The van der Waals surface area contributed by atoms with E-state index in [1.54, 1.807) is 19.3 Å². The summed E-state index contributed by atoms with van der Waals surface area (Å²) in [7, 11) is 1.66. The highest BCUT2D eigenvalue weighted by atomic mass is 16.6. The highest BCUT2D eigenvalue weighted by Crippen LogP contribution is 2.59. The Kier molecular flexibility index (Phi) is 8.32. The van der Waals surface area contributed by atoms with Crippen LogP contribution in [0.4, 0.5) is 0 Å². The molecule has 1 saturated carbocycles. The zero-order valence-electron chi connectivity index (χ0n) is 20.0. The number of hydrogen-bond donors (Lipinski definition) is 1. The molecule has 3 aliphatic rings. The molecule has 0 radical (unpaired) electrons. The van der Waals surface area contributed by atoms with E-state index in [9.17, 15) is 9.59 Å². The van der Waals surface area contributed by atoms with Crippen molar-refractivity contribution < 1.29 is 33.6 Å². The van der Waals surface area contributed by atoms with E-state index < -0.39 is 5.97 Å². The second-order valence-corrected chi connectivity index (χ2v) is 9.46. The largest absolute Gasteiger partial charge is 0.478 e. The number of carbonyl (C=O) groups is 2. The molecule has 2 aliphatic heterocycles. The van der Waals surface area contributed by atoms with E-state index in [0.29, 0.717) is 25.9 Å². The molecule has 0 bridgehead atoms. The van der Waals surface area contributed by atoms with E-state index >= 15 is 0 Å². The van der Waals surface area contributed by atoms with Crippen molar-refractivity contribution in [2.24, 2.45) is 5.92 Å². The Morgan fingerprint density at radius 2 is 1.88 bits per heavy atom. The van der Waals surface area contributed by atoms with E-state index in [2.05, 4.69) is 26.8 Å². The molecule has 182 valence electrons. The Bertz CT molecular complexity index is 832. The lowest BCUT2D eigenvalue weighted by Crippen LogP contribution is -2.55. The number of allylic oxidation sites excluding steroid dienone is 5. The summed E-state index contributed by atoms with van der Waals surface area (Å²) in [6.07, 6.45) is 14.7. The van der Waals surface area contributed by atoms with Gasteiger partial charge in [-0.1, -0.05) is 36.0 Å². The second kappa shape index (κ2) is 10.8. The molecule has 1 N–H and O–H groups in total. The smallest absolute Gasteiger partial charge is 0.330 e. The number of carbonyl (C=O) groups excluding carboxylic acids is 1. The molecule has 0 aromatic heterocycles. The molecule has 7 nitrogen and oxygen atoms in total. The van der Waals surface area contributed by atoms with Gasteiger partial charge in [0.2, 0.25) is 0 Å². The number of unbranched alkanes of at least 4 members (excludes halogenated alkanes) is 1. The normalized spacial score (nSPS) is 35.4. The number of rotatable bonds is 11. The molecule has 1 aliphatic carbocycles. The fourth-order valence-corrected chi connectivity index (χ4v) is 4.94. The van der Waals surface area contributed by atoms with Gasteiger partial charge >= 0.3 is 11.9 Å². The van der Waals surface area contributed by atoms with Crippen molar-refractivity contribution >= 4 is 11.9 Å². The summed E-state index contributed by atoms with van der Waals surface area (Å²) in [5, 5.41) is 8.53. The van der Waals surface area contributed by atoms with Gasteiger partial charge in [0.05, 0.1) is 18.6 Å². The molecule has 2 saturated heterocycles. The highest BCUT2D eigenvalue weighted by molar-refractivity contribution is 5.82. The molecule has 7 heteroatoms. The van der Waals surface area contributed by atoms with Crippen LogP contribution in [-0.4, -0.2) is 60.3 Å². The van der Waals surface area contributed by atoms with Crippen LogP contribution in [0.1, 0.15) is 52.9 Å². The van der Waals surface area contributed by atoms with Gasteiger partial charge in [0.1, 0.15) is 23.4 Å². The average Bonchev–Trinajstić information content (AvgIpc) is 3.67. The Morgan fingerprint density at radius 1 is 1.15 bits per heavy atom. The predicted octanol–water partition coefficient (Wildman–Crippen LogP) is 4.14. The minimum Gasteiger partial charge on any atom is -0.478 e. The first-order chi connectivity index (χ1) is 15.7. The van der Waals surface area contributed by atoms with Crippen LogP contribution in [0, 0.1) is 5.92 Å². The second-order valence-electron chi connectivity index (χ2n) is 9.46. The van der Waals surface area contributed by atoms with Gasteiger partial charge in [-0.25, -0.2) is 9.59 Å². The molecule has 0 aromatic rings. The maximum absolute atomic E-state index is 12.4. The maximum Gasteiger partial charge on any atom is 0.330 e. The zero-order chi connectivity index (χ0) is 24.1. The maximum atomic E-state index is 12.4. The summed E-state index contributed by atoms with van der Waals surface area (Å²) in [6.45, 7) is 6.99. The molecule has 3 fully saturated rings. The first-order valence-corrected chi connectivity index (χ1v) is 11.6. The van der Waals surface area contributed by atoms with Crippen molar-refractivity contribution in [2.75, 3.05) is 13.7 Å². The average molecular weight is 461 g/mol. The minimum atomic E-state index is -0.980. The monoisotopic (exact) mass is 460 g/mol. The molecule has 0 aromatic carbocycles. The molecular formula is C26H36O7. The Labute approximate surface area is 196 Å². The van der Waals surface area contributed by atoms with E-state index in [1.807, 2.05) is 6.08 Å². The van der Waals surface area contributed by atoms with Gasteiger partial charge in [-0.2, -0.15) is 0 Å². The van der Waals surface area contributed by atoms with Crippen molar-refractivity contribution in [3.8, 4) is 0 Å². The minimum absolute atomic E-state index is 0.00471. The predicted molar refractivity (Wildman–Crippen MR) is 124 cm³/mol. The van der Waals surface area contributed by atoms with Gasteiger partial charge in [-0.05, 0) is 52.9 Å². The first-order valence-electron chi connectivity index (χ1n) is 11.6. The third-order valence-electron chi connectivity index (χ3n) is 6.74. The Balaban J connectivity index is 1.55. The summed E-state index contributed by atoms with van der Waals surface area (Å²) in [5.41, 5.74) is 0.670. The topological polar surface area (TPSA) is 97.9 Å². The number of carboxylic acids is 1. The first kappa shape index (κ1) is 25.4. The van der Waals surface area contributed by atoms with Crippen LogP contribution in [0.2, 0.25) is 0 Å². The number of hydrogen-bond acceptors (Lipinski definition) is 6. The van der Waals surface area contributed by atoms with Gasteiger partial charge in [0.25, 0.3) is 0 Å². The summed E-state index contributed by atoms with van der Waals surface area (Å²) in [5.74, 6) is -1.36. The quantitative estimate of drug-likeness (QED) is 0.124. The highest BCUT2D eigenvalue weighted by Gasteiger charge is 2.72. The summed E-state index contributed by atoms with van der Waals surface area (Å²) >= 11 is 0. The zero-order valence-corrected chi connectivity index (χ0v) is 20.0. The third kappa shape index (κ3) is 6.43. The fraction of sp³-hybridized carbons (Fsp3) is 0.615. The summed E-state index contributed by atoms with van der Waals surface area (Å²) in [4.78, 5) is 22.8. The molecule has 3 rings (SSSR count). The molecule has 0 amide bonds. The van der Waals surface area contributed by atoms with Crippen LogP contribution in [0.15, 0.2) is 48.1 Å². The molecule has 33 heavy (non-hydrogen) atoms. The van der Waals surface area contributed by atoms with Gasteiger partial charge in [0, 0.05) is 19.3 Å². The lowest BCUT2D eigenvalue weighted by Gasteiger charge is -2.42. The number of carboxylic acid groups (broad SMARTS) is 1. The van der Waals surface area contributed by atoms with Crippen LogP contribution >= 0.6 is 0 Å². The summed E-state index contributed by atoms with van der Waals surface area (Å²) < 4.78 is 23.8. The van der Waals surface area contributed by atoms with Crippen molar-refractivity contribution in [2.45, 2.75) is 82.4 Å². The fourth-order valence-electron chi connectivity index (χ4n) is 4.94. The van der Waals surface area contributed by atoms with Crippen LogP contribution < -0.4 is 0 Å². The Hall–Kier alpha value is -2.22. The van der Waals surface area contributed by atoms with Gasteiger partial charge in [-0.15, -0.1) is 0 Å². The van der Waals surface area contributed by atoms with Crippen LogP contribution in [0.5, 0.6) is 0 Å². The molecule has 0 unspecified atom stereocenters. The lowest BCUT2D eigenvalue weighted by atomic mass is 9.68. The Morgan fingerprint density at radius 3 is 2.52 bits per heavy atom. The molecule has 6 atom stereocenters. The van der Waals surface area contributed by atoms with Crippen LogP contribution in [0.3, 0.4) is 0 Å².